The summed E-state index contributed by atoms with van der Waals surface area (Å²) >= 11 is 5.79. The number of esters is 2. The fourth-order valence-electron chi connectivity index (χ4n) is 2.56. The van der Waals surface area contributed by atoms with Gasteiger partial charge in [0.15, 0.2) is 6.61 Å². The lowest BCUT2D eigenvalue weighted by Gasteiger charge is -2.21. The molecule has 1 N–H and O–H groups in total. The fourth-order valence-corrected chi connectivity index (χ4v) is 3.90. The van der Waals surface area contributed by atoms with Gasteiger partial charge in [-0.25, -0.2) is 13.1 Å². The van der Waals surface area contributed by atoms with Gasteiger partial charge >= 0.3 is 11.9 Å². The Morgan fingerprint density at radius 3 is 2.38 bits per heavy atom. The Bertz CT molecular complexity index is 1050. The van der Waals surface area contributed by atoms with E-state index in [1.165, 1.54) is 24.3 Å². The van der Waals surface area contributed by atoms with Crippen LogP contribution in [0.3, 0.4) is 0 Å². The number of anilines is 1. The SMILES string of the molecule is CCOC(=O)CN(C(=O)COC(=O)CCNS(=O)(=O)c1cccc(Cl)c1)c1ccccc1. The van der Waals surface area contributed by atoms with Gasteiger partial charge in [0.1, 0.15) is 6.54 Å². The first-order chi connectivity index (χ1) is 15.2. The smallest absolute Gasteiger partial charge is 0.326 e. The van der Waals surface area contributed by atoms with Gasteiger partial charge in [0.2, 0.25) is 10.0 Å². The van der Waals surface area contributed by atoms with E-state index in [9.17, 15) is 22.8 Å². The van der Waals surface area contributed by atoms with E-state index in [-0.39, 0.29) is 36.0 Å². The molecule has 0 aliphatic rings. The van der Waals surface area contributed by atoms with Gasteiger partial charge in [-0.1, -0.05) is 35.9 Å². The number of hydrogen-bond donors (Lipinski definition) is 1. The number of sulfonamides is 1. The Hall–Kier alpha value is -2.95. The molecule has 0 saturated heterocycles. The Morgan fingerprint density at radius 2 is 1.72 bits per heavy atom. The molecule has 11 heteroatoms. The second kappa shape index (κ2) is 12.2. The zero-order valence-corrected chi connectivity index (χ0v) is 18.9. The minimum absolute atomic E-state index is 0.0361. The number of carbonyl (C=O) groups excluding carboxylic acids is 3. The second-order valence-electron chi connectivity index (χ2n) is 6.39. The molecule has 172 valence electrons. The topological polar surface area (TPSA) is 119 Å². The molecule has 2 aromatic carbocycles. The number of carbonyl (C=O) groups is 3. The summed E-state index contributed by atoms with van der Waals surface area (Å²) in [7, 11) is -3.85. The van der Waals surface area contributed by atoms with Crippen LogP contribution in [0.1, 0.15) is 13.3 Å². The molecular weight excluding hydrogens is 460 g/mol. The van der Waals surface area contributed by atoms with E-state index in [4.69, 9.17) is 21.1 Å². The molecule has 2 rings (SSSR count). The first kappa shape index (κ1) is 25.3. The lowest BCUT2D eigenvalue weighted by atomic mass is 10.3. The van der Waals surface area contributed by atoms with Crippen molar-refractivity contribution in [2.45, 2.75) is 18.2 Å². The average Bonchev–Trinajstić information content (AvgIpc) is 2.76. The van der Waals surface area contributed by atoms with E-state index < -0.39 is 34.5 Å². The molecule has 0 saturated carbocycles. The van der Waals surface area contributed by atoms with E-state index in [2.05, 4.69) is 4.72 Å². The molecule has 32 heavy (non-hydrogen) atoms. The summed E-state index contributed by atoms with van der Waals surface area (Å²) in [5, 5.41) is 0.261. The molecule has 2 aromatic rings. The summed E-state index contributed by atoms with van der Waals surface area (Å²) in [6.07, 6.45) is -0.295. The van der Waals surface area contributed by atoms with Crippen molar-refractivity contribution in [3.63, 3.8) is 0 Å². The van der Waals surface area contributed by atoms with Crippen molar-refractivity contribution in [1.82, 2.24) is 4.72 Å². The third-order valence-corrected chi connectivity index (χ3v) is 5.74. The quantitative estimate of drug-likeness (QED) is 0.487. The van der Waals surface area contributed by atoms with Crippen LogP contribution in [-0.2, 0) is 33.9 Å². The molecule has 9 nitrogen and oxygen atoms in total. The van der Waals surface area contributed by atoms with Crippen molar-refractivity contribution < 1.29 is 32.3 Å². The lowest BCUT2D eigenvalue weighted by Crippen LogP contribution is -2.39. The van der Waals surface area contributed by atoms with Crippen LogP contribution in [0, 0.1) is 0 Å². The number of nitrogens with zero attached hydrogens (tertiary/aromatic N) is 1. The number of rotatable bonds is 11. The molecular formula is C21H23ClN2O7S. The highest BCUT2D eigenvalue weighted by atomic mass is 35.5. The fraction of sp³-hybridized carbons (Fsp3) is 0.286. The van der Waals surface area contributed by atoms with Gasteiger partial charge in [-0.05, 0) is 37.3 Å². The molecule has 1 amide bonds. The molecule has 0 bridgehead atoms. The Kier molecular flexibility index (Phi) is 9.63. The normalized spacial score (nSPS) is 10.9. The van der Waals surface area contributed by atoms with Crippen molar-refractivity contribution in [1.29, 1.82) is 0 Å². The Labute approximate surface area is 191 Å². The number of hydrogen-bond acceptors (Lipinski definition) is 7. The Balaban J connectivity index is 1.88. The number of amides is 1. The molecule has 0 atom stereocenters. The van der Waals surface area contributed by atoms with Crippen molar-refractivity contribution in [2.24, 2.45) is 0 Å². The molecule has 0 aliphatic carbocycles. The summed E-state index contributed by atoms with van der Waals surface area (Å²) in [6.45, 7) is 0.625. The predicted molar refractivity (Wildman–Crippen MR) is 118 cm³/mol. The second-order valence-corrected chi connectivity index (χ2v) is 8.59. The van der Waals surface area contributed by atoms with E-state index in [1.807, 2.05) is 0 Å². The van der Waals surface area contributed by atoms with E-state index in [0.29, 0.717) is 5.69 Å². The molecule has 0 aromatic heterocycles. The molecule has 0 radical (unpaired) electrons. The molecule has 0 fully saturated rings. The zero-order valence-electron chi connectivity index (χ0n) is 17.3. The summed E-state index contributed by atoms with van der Waals surface area (Å²) in [5.74, 6) is -2.01. The van der Waals surface area contributed by atoms with Gasteiger partial charge in [-0.15, -0.1) is 0 Å². The maximum atomic E-state index is 12.6. The monoisotopic (exact) mass is 482 g/mol. The van der Waals surface area contributed by atoms with Crippen molar-refractivity contribution in [3.8, 4) is 0 Å². The summed E-state index contributed by atoms with van der Waals surface area (Å²) in [4.78, 5) is 37.5. The van der Waals surface area contributed by atoms with Gasteiger partial charge < -0.3 is 9.47 Å². The van der Waals surface area contributed by atoms with Crippen molar-refractivity contribution in [3.05, 3.63) is 59.6 Å². The van der Waals surface area contributed by atoms with Crippen LogP contribution in [0.4, 0.5) is 5.69 Å². The highest BCUT2D eigenvalue weighted by molar-refractivity contribution is 7.89. The van der Waals surface area contributed by atoms with Crippen molar-refractivity contribution >= 4 is 45.2 Å². The van der Waals surface area contributed by atoms with Gasteiger partial charge in [-0.3, -0.25) is 19.3 Å². The van der Waals surface area contributed by atoms with Crippen molar-refractivity contribution in [2.75, 3.05) is 31.2 Å². The van der Waals surface area contributed by atoms with Gasteiger partial charge in [-0.2, -0.15) is 0 Å². The van der Waals surface area contributed by atoms with Crippen LogP contribution in [0.2, 0.25) is 5.02 Å². The lowest BCUT2D eigenvalue weighted by molar-refractivity contribution is -0.148. The minimum Gasteiger partial charge on any atom is -0.465 e. The first-order valence-electron chi connectivity index (χ1n) is 9.65. The maximum absolute atomic E-state index is 12.6. The summed E-state index contributed by atoms with van der Waals surface area (Å²) < 4.78 is 36.5. The average molecular weight is 483 g/mol. The first-order valence-corrected chi connectivity index (χ1v) is 11.5. The number of para-hydroxylation sites is 1. The van der Waals surface area contributed by atoms with Gasteiger partial charge in [0, 0.05) is 17.3 Å². The molecule has 0 unspecified atom stereocenters. The third kappa shape index (κ3) is 7.95. The zero-order chi connectivity index (χ0) is 23.6. The summed E-state index contributed by atoms with van der Waals surface area (Å²) in [6, 6.07) is 14.1. The molecule has 0 spiro atoms. The minimum atomic E-state index is -3.85. The maximum Gasteiger partial charge on any atom is 0.326 e. The number of halogens is 1. The van der Waals surface area contributed by atoms with Gasteiger partial charge in [0.05, 0.1) is 17.9 Å². The highest BCUT2D eigenvalue weighted by Crippen LogP contribution is 2.15. The number of ether oxygens (including phenoxy) is 2. The molecule has 0 aliphatic heterocycles. The standard InChI is InChI=1S/C21H23ClN2O7S/c1-2-30-21(27)14-24(17-8-4-3-5-9-17)19(25)15-31-20(26)11-12-23-32(28,29)18-10-6-7-16(22)13-18/h3-10,13,23H,2,11-12,14-15H2,1H3. The van der Waals surface area contributed by atoms with Crippen LogP contribution in [-0.4, -0.2) is 52.6 Å². The Morgan fingerprint density at radius 1 is 1.00 bits per heavy atom. The predicted octanol–water partition coefficient (Wildman–Crippen LogP) is 2.15. The van der Waals surface area contributed by atoms with E-state index in [0.717, 1.165) is 4.90 Å². The van der Waals surface area contributed by atoms with E-state index in [1.54, 1.807) is 37.3 Å². The van der Waals surface area contributed by atoms with Crippen LogP contribution >= 0.6 is 11.6 Å². The number of nitrogens with one attached hydrogen (secondary N) is 1. The van der Waals surface area contributed by atoms with Crippen LogP contribution in [0.15, 0.2) is 59.5 Å². The molecule has 0 heterocycles. The largest absolute Gasteiger partial charge is 0.465 e. The summed E-state index contributed by atoms with van der Waals surface area (Å²) in [5.41, 5.74) is 0.441. The highest BCUT2D eigenvalue weighted by Gasteiger charge is 2.21. The van der Waals surface area contributed by atoms with Crippen LogP contribution in [0.25, 0.3) is 0 Å². The van der Waals surface area contributed by atoms with Crippen LogP contribution in [0.5, 0.6) is 0 Å². The third-order valence-electron chi connectivity index (χ3n) is 4.05. The van der Waals surface area contributed by atoms with Crippen LogP contribution < -0.4 is 9.62 Å². The number of benzene rings is 2. The van der Waals surface area contributed by atoms with Gasteiger partial charge in [0.25, 0.3) is 5.91 Å². The van der Waals surface area contributed by atoms with E-state index >= 15 is 0 Å².